The van der Waals surface area contributed by atoms with E-state index in [0.717, 1.165) is 5.56 Å². The van der Waals surface area contributed by atoms with Crippen molar-refractivity contribution >= 4 is 23.8 Å². The fourth-order valence-electron chi connectivity index (χ4n) is 5.95. The van der Waals surface area contributed by atoms with Crippen molar-refractivity contribution in [2.24, 2.45) is 0 Å². The first-order valence-electron chi connectivity index (χ1n) is 16.6. The van der Waals surface area contributed by atoms with Gasteiger partial charge in [-0.25, -0.2) is 0 Å². The lowest BCUT2D eigenvalue weighted by atomic mass is 9.95. The fourth-order valence-corrected chi connectivity index (χ4v) is 5.95. The molecule has 3 heterocycles. The number of alkyl halides is 3. The van der Waals surface area contributed by atoms with E-state index in [4.69, 9.17) is 42.6 Å². The van der Waals surface area contributed by atoms with Gasteiger partial charge in [-0.15, -0.1) is 0 Å². The third kappa shape index (κ3) is 11.5. The van der Waals surface area contributed by atoms with Gasteiger partial charge in [-0.3, -0.25) is 19.2 Å². The van der Waals surface area contributed by atoms with Gasteiger partial charge in [0.15, 0.2) is 24.5 Å². The molecule has 52 heavy (non-hydrogen) atoms. The number of rotatable bonds is 15. The van der Waals surface area contributed by atoms with Crippen molar-refractivity contribution in [1.29, 1.82) is 0 Å². The molecule has 10 atom stereocenters. The van der Waals surface area contributed by atoms with Crippen LogP contribution < -0.4 is 10.6 Å². The number of halogens is 3. The van der Waals surface area contributed by atoms with Gasteiger partial charge in [-0.1, -0.05) is 30.3 Å². The number of benzene rings is 1. The number of esters is 2. The van der Waals surface area contributed by atoms with E-state index in [1.54, 1.807) is 19.2 Å². The maximum Gasteiger partial charge on any atom is 0.471 e. The molecule has 0 saturated carbocycles. The molecular weight excluding hydrogens is 705 g/mol. The zero-order chi connectivity index (χ0) is 38.2. The monoisotopic (exact) mass is 750 g/mol. The van der Waals surface area contributed by atoms with Crippen molar-refractivity contribution < 1.29 is 80.1 Å². The van der Waals surface area contributed by atoms with E-state index in [1.165, 1.54) is 20.8 Å². The van der Waals surface area contributed by atoms with Crippen LogP contribution in [0.3, 0.4) is 0 Å². The molecule has 2 amide bonds. The van der Waals surface area contributed by atoms with E-state index in [2.05, 4.69) is 5.32 Å². The number of carbonyl (C=O) groups excluding carboxylic acids is 4. The summed E-state index contributed by atoms with van der Waals surface area (Å²) >= 11 is 0. The van der Waals surface area contributed by atoms with Crippen molar-refractivity contribution in [2.75, 3.05) is 26.4 Å². The van der Waals surface area contributed by atoms with Crippen LogP contribution in [0.5, 0.6) is 0 Å². The van der Waals surface area contributed by atoms with Crippen LogP contribution in [0, 0.1) is 0 Å². The summed E-state index contributed by atoms with van der Waals surface area (Å²) in [7, 11) is 0. The fraction of sp³-hybridized carbons (Fsp3) is 0.697. The quantitative estimate of drug-likeness (QED) is 0.170. The Labute approximate surface area is 297 Å². The van der Waals surface area contributed by atoms with Crippen LogP contribution in [0.2, 0.25) is 0 Å². The summed E-state index contributed by atoms with van der Waals surface area (Å²) in [5, 5.41) is 16.1. The first kappa shape index (κ1) is 41.3. The Morgan fingerprint density at radius 1 is 0.904 bits per heavy atom. The Balaban J connectivity index is 1.59. The molecule has 0 aromatic heterocycles. The number of amides is 2. The molecule has 3 N–H and O–H groups in total. The number of ether oxygens (including phenoxy) is 9. The topological polar surface area (TPSA) is 196 Å². The summed E-state index contributed by atoms with van der Waals surface area (Å²) in [6.45, 7) is 5.81. The number of carbonyl (C=O) groups is 4. The molecule has 292 valence electrons. The van der Waals surface area contributed by atoms with Crippen LogP contribution in [0.4, 0.5) is 13.2 Å². The van der Waals surface area contributed by atoms with Gasteiger partial charge in [0, 0.05) is 27.3 Å². The second-order valence-electron chi connectivity index (χ2n) is 12.8. The Kier molecular flexibility index (Phi) is 14.4. The van der Waals surface area contributed by atoms with Gasteiger partial charge < -0.3 is 58.4 Å². The number of fused-ring (bicyclic) bond motifs is 1. The zero-order valence-electron chi connectivity index (χ0n) is 29.3. The van der Waals surface area contributed by atoms with Crippen LogP contribution in [0.15, 0.2) is 30.3 Å². The Morgan fingerprint density at radius 2 is 1.58 bits per heavy atom. The molecule has 0 spiro atoms. The average molecular weight is 751 g/mol. The van der Waals surface area contributed by atoms with Gasteiger partial charge in [-0.2, -0.15) is 13.2 Å². The molecule has 0 bridgehead atoms. The molecule has 19 heteroatoms. The smallest absolute Gasteiger partial charge is 0.463 e. The molecule has 4 rings (SSSR count). The number of hydrogen-bond acceptors (Lipinski definition) is 14. The van der Waals surface area contributed by atoms with E-state index in [9.17, 15) is 37.5 Å². The lowest BCUT2D eigenvalue weighted by Crippen LogP contribution is -2.67. The summed E-state index contributed by atoms with van der Waals surface area (Å²) in [4.78, 5) is 47.5. The Morgan fingerprint density at radius 3 is 2.21 bits per heavy atom. The molecule has 0 aliphatic carbocycles. The van der Waals surface area contributed by atoms with Crippen molar-refractivity contribution in [2.45, 2.75) is 121 Å². The largest absolute Gasteiger partial charge is 0.471 e. The summed E-state index contributed by atoms with van der Waals surface area (Å²) in [6, 6.07) is 7.81. The predicted octanol–water partition coefficient (Wildman–Crippen LogP) is 1.00. The molecule has 0 radical (unpaired) electrons. The van der Waals surface area contributed by atoms with Gasteiger partial charge in [0.2, 0.25) is 5.91 Å². The number of hydrogen-bond donors (Lipinski definition) is 3. The molecule has 3 aliphatic rings. The van der Waals surface area contributed by atoms with Gasteiger partial charge in [-0.05, 0) is 25.8 Å². The molecule has 1 aromatic carbocycles. The maximum atomic E-state index is 12.6. The normalized spacial score (nSPS) is 31.2. The third-order valence-electron chi connectivity index (χ3n) is 8.06. The van der Waals surface area contributed by atoms with E-state index in [0.29, 0.717) is 0 Å². The molecule has 1 aromatic rings. The highest BCUT2D eigenvalue weighted by atomic mass is 19.4. The third-order valence-corrected chi connectivity index (χ3v) is 8.06. The number of aliphatic hydroxyl groups is 1. The minimum absolute atomic E-state index is 0.0790. The van der Waals surface area contributed by atoms with Crippen molar-refractivity contribution in [1.82, 2.24) is 10.6 Å². The van der Waals surface area contributed by atoms with Gasteiger partial charge >= 0.3 is 24.0 Å². The summed E-state index contributed by atoms with van der Waals surface area (Å²) < 4.78 is 91.1. The van der Waals surface area contributed by atoms with E-state index >= 15 is 0 Å². The highest BCUT2D eigenvalue weighted by Crippen LogP contribution is 2.40. The lowest BCUT2D eigenvalue weighted by Gasteiger charge is -2.47. The summed E-state index contributed by atoms with van der Waals surface area (Å²) in [5.74, 6) is -5.19. The van der Waals surface area contributed by atoms with Crippen LogP contribution in [0.25, 0.3) is 0 Å². The lowest BCUT2D eigenvalue weighted by molar-refractivity contribution is -0.342. The van der Waals surface area contributed by atoms with Gasteiger partial charge in [0.25, 0.3) is 0 Å². The molecule has 3 fully saturated rings. The maximum absolute atomic E-state index is 12.6. The first-order valence-corrected chi connectivity index (χ1v) is 16.6. The Bertz CT molecular complexity index is 1370. The minimum atomic E-state index is -5.05. The van der Waals surface area contributed by atoms with Crippen molar-refractivity contribution in [3.05, 3.63) is 35.9 Å². The second-order valence-corrected chi connectivity index (χ2v) is 12.8. The van der Waals surface area contributed by atoms with E-state index in [1.807, 2.05) is 30.3 Å². The molecule has 3 saturated heterocycles. The van der Waals surface area contributed by atoms with Crippen LogP contribution >= 0.6 is 0 Å². The number of aliphatic hydroxyl groups excluding tert-OH is 1. The highest BCUT2D eigenvalue weighted by Gasteiger charge is 2.59. The zero-order valence-corrected chi connectivity index (χ0v) is 29.3. The second kappa shape index (κ2) is 18.1. The molecule has 0 unspecified atom stereocenters. The van der Waals surface area contributed by atoms with Gasteiger partial charge in [0.05, 0.1) is 19.8 Å². The Hall–Kier alpha value is -3.43. The predicted molar refractivity (Wildman–Crippen MR) is 168 cm³/mol. The summed E-state index contributed by atoms with van der Waals surface area (Å²) in [5.41, 5.74) is 0.812. The standard InChI is InChI=1S/C33H45F3N2O14/c1-17(39)38-23-24(42)25(50-30-28(47-19(3)41)27-26(51-32(4,5)52-27)22(49-30)16-46-18(2)40)21(15-44-14-20-10-7-6-8-11-20)48-29(23)45-13-9-12-37-31(43)33(34,35)36/h6-8,10-11,21-30,42H,9,12-16H2,1-5H3,(H,37,43)(H,38,39)/t21-,22+,23-,24-,25-,26-,27-,28+,29-,30-/m0/s1. The SMILES string of the molecule is CC(=O)N[C@@H]1[C@@H](OCCCNC(=O)C(F)(F)F)O[C@@H](COCc2ccccc2)[C@H](O[C@@H]2O[C@H](COC(C)=O)[C@@H]3OC(C)(C)O[C@@H]3[C@H]2OC(C)=O)[C@H]1O. The van der Waals surface area contributed by atoms with Crippen LogP contribution in [0.1, 0.15) is 46.6 Å². The minimum Gasteiger partial charge on any atom is -0.463 e. The average Bonchev–Trinajstić information content (AvgIpc) is 3.39. The van der Waals surface area contributed by atoms with Crippen molar-refractivity contribution in [3.63, 3.8) is 0 Å². The molecule has 16 nitrogen and oxygen atoms in total. The highest BCUT2D eigenvalue weighted by molar-refractivity contribution is 5.81. The summed E-state index contributed by atoms with van der Waals surface area (Å²) in [6.07, 6.45) is -16.2. The molecular formula is C33H45F3N2O14. The van der Waals surface area contributed by atoms with Crippen LogP contribution in [-0.4, -0.2) is 129 Å². The number of nitrogens with one attached hydrogen (secondary N) is 2. The van der Waals surface area contributed by atoms with Gasteiger partial charge in [0.1, 0.15) is 49.3 Å². The first-order chi connectivity index (χ1) is 24.4. The van der Waals surface area contributed by atoms with Crippen molar-refractivity contribution in [3.8, 4) is 0 Å². The van der Waals surface area contributed by atoms with E-state index in [-0.39, 0.29) is 39.4 Å². The van der Waals surface area contributed by atoms with E-state index < -0.39 is 97.1 Å². The van der Waals surface area contributed by atoms with Crippen LogP contribution in [-0.2, 0) is 68.4 Å². The molecule has 3 aliphatic heterocycles.